The fourth-order valence-electron chi connectivity index (χ4n) is 2.78. The third kappa shape index (κ3) is 8.76. The summed E-state index contributed by atoms with van der Waals surface area (Å²) in [5, 5.41) is 2.80. The lowest BCUT2D eigenvalue weighted by atomic mass is 10.1. The van der Waals surface area contributed by atoms with E-state index in [-0.39, 0.29) is 24.3 Å². The van der Waals surface area contributed by atoms with Crippen molar-refractivity contribution >= 4 is 30.0 Å². The summed E-state index contributed by atoms with van der Waals surface area (Å²) in [6.45, 7) is 8.05. The lowest BCUT2D eigenvalue weighted by Crippen LogP contribution is -2.25. The van der Waals surface area contributed by atoms with E-state index in [1.54, 1.807) is 31.2 Å². The van der Waals surface area contributed by atoms with Crippen LogP contribution < -0.4 is 5.32 Å². The highest BCUT2D eigenvalue weighted by molar-refractivity contribution is 5.94. The van der Waals surface area contributed by atoms with Crippen molar-refractivity contribution in [2.45, 2.75) is 46.1 Å². The first-order valence-electron chi connectivity index (χ1n) is 10.7. The molecule has 6 heteroatoms. The van der Waals surface area contributed by atoms with E-state index in [1.807, 2.05) is 57.2 Å². The van der Waals surface area contributed by atoms with Gasteiger partial charge in [0.15, 0.2) is 0 Å². The summed E-state index contributed by atoms with van der Waals surface area (Å²) in [6.07, 6.45) is 4.70. The van der Waals surface area contributed by atoms with Gasteiger partial charge < -0.3 is 14.8 Å². The molecule has 0 heterocycles. The Kier molecular flexibility index (Phi) is 9.20. The minimum absolute atomic E-state index is 0.179. The van der Waals surface area contributed by atoms with E-state index in [1.165, 1.54) is 0 Å². The number of ether oxygens (including phenoxy) is 2. The van der Waals surface area contributed by atoms with E-state index in [0.29, 0.717) is 30.7 Å². The van der Waals surface area contributed by atoms with Crippen molar-refractivity contribution in [2.75, 3.05) is 13.2 Å². The van der Waals surface area contributed by atoms with E-state index in [2.05, 4.69) is 5.32 Å². The van der Waals surface area contributed by atoms with Gasteiger partial charge in [-0.2, -0.15) is 0 Å². The number of carbonyl (C=O) groups excluding carboxylic acids is 3. The average Bonchev–Trinajstić information content (AvgIpc) is 2.75. The predicted molar refractivity (Wildman–Crippen MR) is 125 cm³/mol. The van der Waals surface area contributed by atoms with Crippen LogP contribution in [0.5, 0.6) is 0 Å². The number of esters is 2. The second kappa shape index (κ2) is 11.8. The molecule has 2 aromatic carbocycles. The van der Waals surface area contributed by atoms with E-state index in [9.17, 15) is 14.4 Å². The number of carbonyl (C=O) groups is 3. The third-order valence-electron chi connectivity index (χ3n) is 4.33. The highest BCUT2D eigenvalue weighted by Gasteiger charge is 2.17. The van der Waals surface area contributed by atoms with Gasteiger partial charge in [0, 0.05) is 18.5 Å². The second-order valence-corrected chi connectivity index (χ2v) is 8.24. The molecule has 0 bridgehead atoms. The smallest absolute Gasteiger partial charge is 0.338 e. The molecule has 0 fully saturated rings. The third-order valence-corrected chi connectivity index (χ3v) is 4.33. The van der Waals surface area contributed by atoms with Gasteiger partial charge in [0.2, 0.25) is 0 Å². The van der Waals surface area contributed by atoms with Crippen molar-refractivity contribution < 1.29 is 23.9 Å². The van der Waals surface area contributed by atoms with Gasteiger partial charge in [-0.3, -0.25) is 9.59 Å². The van der Waals surface area contributed by atoms with Gasteiger partial charge in [0.05, 0.1) is 12.2 Å². The predicted octanol–water partition coefficient (Wildman–Crippen LogP) is 4.89. The molecular weight excluding hydrogens is 406 g/mol. The van der Waals surface area contributed by atoms with Gasteiger partial charge >= 0.3 is 11.9 Å². The standard InChI is InChI=1S/C26H31NO5/c1-5-31-23(28)7-6-18-27-24(29)21-14-10-19(11-15-21)8-9-20-12-16-22(17-13-20)25(30)32-26(2,3)4/h8-17H,5-7,18H2,1-4H3,(H,27,29)/b9-8+. The number of benzene rings is 2. The van der Waals surface area contributed by atoms with E-state index in [0.717, 1.165) is 11.1 Å². The maximum atomic E-state index is 12.2. The molecule has 2 rings (SSSR count). The Bertz CT molecular complexity index is 938. The van der Waals surface area contributed by atoms with E-state index in [4.69, 9.17) is 9.47 Å². The van der Waals surface area contributed by atoms with E-state index >= 15 is 0 Å². The Morgan fingerprint density at radius 3 is 1.91 bits per heavy atom. The number of hydrogen-bond acceptors (Lipinski definition) is 5. The molecule has 6 nitrogen and oxygen atoms in total. The first-order chi connectivity index (χ1) is 15.2. The topological polar surface area (TPSA) is 81.7 Å². The summed E-state index contributed by atoms with van der Waals surface area (Å²) in [6, 6.07) is 14.4. The SMILES string of the molecule is CCOC(=O)CCCNC(=O)c1ccc(/C=C/c2ccc(C(=O)OC(C)(C)C)cc2)cc1. The number of hydrogen-bond donors (Lipinski definition) is 1. The largest absolute Gasteiger partial charge is 0.466 e. The molecule has 0 aromatic heterocycles. The van der Waals surface area contributed by atoms with Gasteiger partial charge in [0.25, 0.3) is 5.91 Å². The van der Waals surface area contributed by atoms with Gasteiger partial charge in [-0.05, 0) is 69.5 Å². The second-order valence-electron chi connectivity index (χ2n) is 8.24. The van der Waals surface area contributed by atoms with Gasteiger partial charge in [-0.1, -0.05) is 36.4 Å². The van der Waals surface area contributed by atoms with Crippen LogP contribution in [0.3, 0.4) is 0 Å². The molecule has 32 heavy (non-hydrogen) atoms. The molecule has 1 amide bonds. The molecule has 0 aliphatic heterocycles. The van der Waals surface area contributed by atoms with Crippen molar-refractivity contribution in [1.82, 2.24) is 5.32 Å². The summed E-state index contributed by atoms with van der Waals surface area (Å²) >= 11 is 0. The van der Waals surface area contributed by atoms with Crippen LogP contribution in [-0.2, 0) is 14.3 Å². The fourth-order valence-corrected chi connectivity index (χ4v) is 2.78. The molecule has 0 atom stereocenters. The first kappa shape index (κ1) is 24.9. The summed E-state index contributed by atoms with van der Waals surface area (Å²) in [5.74, 6) is -0.776. The molecule has 0 aliphatic rings. The van der Waals surface area contributed by atoms with Gasteiger partial charge in [-0.25, -0.2) is 4.79 Å². The first-order valence-corrected chi connectivity index (χ1v) is 10.7. The highest BCUT2D eigenvalue weighted by atomic mass is 16.6. The highest BCUT2D eigenvalue weighted by Crippen LogP contribution is 2.15. The fraction of sp³-hybridized carbons (Fsp3) is 0.346. The minimum Gasteiger partial charge on any atom is -0.466 e. The zero-order chi connectivity index (χ0) is 23.6. The molecule has 0 unspecified atom stereocenters. The van der Waals surface area contributed by atoms with Gasteiger partial charge in [0.1, 0.15) is 5.60 Å². The van der Waals surface area contributed by atoms with Crippen LogP contribution in [0.1, 0.15) is 72.4 Å². The van der Waals surface area contributed by atoms with Crippen molar-refractivity contribution in [2.24, 2.45) is 0 Å². The Morgan fingerprint density at radius 2 is 1.41 bits per heavy atom. The summed E-state index contributed by atoms with van der Waals surface area (Å²) < 4.78 is 10.2. The zero-order valence-corrected chi connectivity index (χ0v) is 19.1. The summed E-state index contributed by atoms with van der Waals surface area (Å²) in [4.78, 5) is 35.6. The van der Waals surface area contributed by atoms with E-state index < -0.39 is 5.60 Å². The average molecular weight is 438 g/mol. The molecule has 1 N–H and O–H groups in total. The molecule has 0 radical (unpaired) electrons. The summed E-state index contributed by atoms with van der Waals surface area (Å²) in [5.41, 5.74) is 2.43. The number of nitrogens with one attached hydrogen (secondary N) is 1. The molecule has 0 aliphatic carbocycles. The quantitative estimate of drug-likeness (QED) is 0.343. The van der Waals surface area contributed by atoms with Crippen LogP contribution in [0, 0.1) is 0 Å². The van der Waals surface area contributed by atoms with Crippen molar-refractivity contribution in [3.05, 3.63) is 70.8 Å². The minimum atomic E-state index is -0.526. The number of rotatable bonds is 9. The molecule has 0 spiro atoms. The van der Waals surface area contributed by atoms with Crippen LogP contribution in [0.4, 0.5) is 0 Å². The molecule has 2 aromatic rings. The Hall–Kier alpha value is -3.41. The number of amides is 1. The zero-order valence-electron chi connectivity index (χ0n) is 19.1. The van der Waals surface area contributed by atoms with Crippen LogP contribution in [0.2, 0.25) is 0 Å². The van der Waals surface area contributed by atoms with Crippen LogP contribution in [-0.4, -0.2) is 36.6 Å². The Morgan fingerprint density at radius 1 is 0.875 bits per heavy atom. The normalized spacial score (nSPS) is 11.2. The summed E-state index contributed by atoms with van der Waals surface area (Å²) in [7, 11) is 0. The Labute approximate surface area is 189 Å². The van der Waals surface area contributed by atoms with Crippen molar-refractivity contribution in [1.29, 1.82) is 0 Å². The molecular formula is C26H31NO5. The Balaban J connectivity index is 1.86. The molecule has 170 valence electrons. The molecule has 0 saturated heterocycles. The lowest BCUT2D eigenvalue weighted by Gasteiger charge is -2.19. The van der Waals surface area contributed by atoms with Crippen LogP contribution in [0.25, 0.3) is 12.2 Å². The van der Waals surface area contributed by atoms with Crippen molar-refractivity contribution in [3.63, 3.8) is 0 Å². The van der Waals surface area contributed by atoms with Crippen LogP contribution >= 0.6 is 0 Å². The maximum absolute atomic E-state index is 12.2. The van der Waals surface area contributed by atoms with Gasteiger partial charge in [-0.15, -0.1) is 0 Å². The maximum Gasteiger partial charge on any atom is 0.338 e. The lowest BCUT2D eigenvalue weighted by molar-refractivity contribution is -0.143. The van der Waals surface area contributed by atoms with Crippen LogP contribution in [0.15, 0.2) is 48.5 Å². The van der Waals surface area contributed by atoms with Crippen molar-refractivity contribution in [3.8, 4) is 0 Å². The molecule has 0 saturated carbocycles. The monoisotopic (exact) mass is 437 g/mol.